The Kier molecular flexibility index (Phi) is 10.5. The topological polar surface area (TPSA) is 58.1 Å². The van der Waals surface area contributed by atoms with Crippen LogP contribution < -0.4 is 10.6 Å². The third-order valence-electron chi connectivity index (χ3n) is 5.82. The molecule has 0 atom stereocenters. The minimum Gasteiger partial charge on any atom is -0.379 e. The van der Waals surface area contributed by atoms with Gasteiger partial charge in [-0.25, -0.2) is 4.99 Å². The summed E-state index contributed by atoms with van der Waals surface area (Å²) >= 11 is 0. The lowest BCUT2D eigenvalue weighted by Gasteiger charge is -2.26. The lowest BCUT2D eigenvalue weighted by Crippen LogP contribution is -2.38. The second-order valence-electron chi connectivity index (χ2n) is 8.31. The van der Waals surface area contributed by atoms with Crippen molar-refractivity contribution in [2.75, 3.05) is 46.0 Å². The fourth-order valence-corrected chi connectivity index (χ4v) is 4.04. The van der Waals surface area contributed by atoms with E-state index >= 15 is 0 Å². The summed E-state index contributed by atoms with van der Waals surface area (Å²) in [5.74, 6) is 0.882. The van der Waals surface area contributed by atoms with Crippen LogP contribution in [0.4, 0.5) is 0 Å². The molecule has 168 valence electrons. The van der Waals surface area contributed by atoms with E-state index < -0.39 is 0 Å². The maximum Gasteiger partial charge on any atom is 0.191 e. The van der Waals surface area contributed by atoms with Crippen molar-refractivity contribution >= 4 is 5.96 Å². The van der Waals surface area contributed by atoms with Crippen molar-refractivity contribution in [3.8, 4) is 0 Å². The molecule has 2 N–H and O–H groups in total. The highest BCUT2D eigenvalue weighted by Gasteiger charge is 2.13. The summed E-state index contributed by atoms with van der Waals surface area (Å²) in [5, 5.41) is 6.77. The average Bonchev–Trinajstić information content (AvgIpc) is 2.79. The molecule has 1 aromatic rings. The van der Waals surface area contributed by atoms with Gasteiger partial charge in [0.1, 0.15) is 0 Å². The number of nitrogens with zero attached hydrogens (tertiary/aromatic N) is 2. The smallest absolute Gasteiger partial charge is 0.191 e. The van der Waals surface area contributed by atoms with Gasteiger partial charge in [0.05, 0.1) is 25.9 Å². The molecule has 1 heterocycles. The van der Waals surface area contributed by atoms with Gasteiger partial charge in [-0.3, -0.25) is 4.90 Å². The van der Waals surface area contributed by atoms with E-state index in [0.717, 1.165) is 64.9 Å². The third kappa shape index (κ3) is 8.62. The van der Waals surface area contributed by atoms with E-state index in [1.807, 2.05) is 0 Å². The van der Waals surface area contributed by atoms with Gasteiger partial charge in [0.15, 0.2) is 5.96 Å². The zero-order chi connectivity index (χ0) is 20.9. The van der Waals surface area contributed by atoms with Crippen LogP contribution in [0.1, 0.15) is 56.6 Å². The van der Waals surface area contributed by atoms with Gasteiger partial charge in [0.2, 0.25) is 0 Å². The van der Waals surface area contributed by atoms with Crippen LogP contribution >= 0.6 is 0 Å². The van der Waals surface area contributed by atoms with Crippen molar-refractivity contribution in [3.63, 3.8) is 0 Å². The SMILES string of the molecule is CCNC(=NCc1ccc(CN2CCOCC2)cc1)NCCCOC1CCCCC1. The second kappa shape index (κ2) is 13.6. The molecule has 0 radical (unpaired) electrons. The van der Waals surface area contributed by atoms with Gasteiger partial charge >= 0.3 is 0 Å². The van der Waals surface area contributed by atoms with Crippen molar-refractivity contribution in [2.24, 2.45) is 4.99 Å². The number of ether oxygens (including phenoxy) is 2. The summed E-state index contributed by atoms with van der Waals surface area (Å²) < 4.78 is 11.4. The summed E-state index contributed by atoms with van der Waals surface area (Å²) in [6, 6.07) is 8.84. The van der Waals surface area contributed by atoms with E-state index in [9.17, 15) is 0 Å². The number of nitrogens with one attached hydrogen (secondary N) is 2. The molecule has 1 saturated heterocycles. The minimum absolute atomic E-state index is 0.492. The monoisotopic (exact) mass is 416 g/mol. The lowest BCUT2D eigenvalue weighted by molar-refractivity contribution is 0.0277. The van der Waals surface area contributed by atoms with E-state index in [2.05, 4.69) is 46.7 Å². The quantitative estimate of drug-likeness (QED) is 0.348. The average molecular weight is 417 g/mol. The van der Waals surface area contributed by atoms with Gasteiger partial charge in [0, 0.05) is 39.3 Å². The highest BCUT2D eigenvalue weighted by atomic mass is 16.5. The van der Waals surface area contributed by atoms with E-state index in [-0.39, 0.29) is 0 Å². The molecule has 3 rings (SSSR count). The number of morpholine rings is 1. The molecule has 0 spiro atoms. The third-order valence-corrected chi connectivity index (χ3v) is 5.82. The first-order chi connectivity index (χ1) is 14.8. The number of aliphatic imine (C=N–C) groups is 1. The van der Waals surface area contributed by atoms with Gasteiger partial charge in [-0.1, -0.05) is 43.5 Å². The molecule has 1 saturated carbocycles. The van der Waals surface area contributed by atoms with Crippen LogP contribution in [0.25, 0.3) is 0 Å². The van der Waals surface area contributed by atoms with Crippen LogP contribution in [0.2, 0.25) is 0 Å². The first-order valence-corrected chi connectivity index (χ1v) is 11.8. The summed E-state index contributed by atoms with van der Waals surface area (Å²) in [6.45, 7) is 10.1. The number of hydrogen-bond donors (Lipinski definition) is 2. The van der Waals surface area contributed by atoms with Crippen molar-refractivity contribution < 1.29 is 9.47 Å². The molecule has 0 unspecified atom stereocenters. The maximum atomic E-state index is 6.01. The molecule has 0 amide bonds. The zero-order valence-electron chi connectivity index (χ0n) is 18.7. The highest BCUT2D eigenvalue weighted by Crippen LogP contribution is 2.20. The van der Waals surface area contributed by atoms with Crippen LogP contribution in [0, 0.1) is 0 Å². The first kappa shape index (κ1) is 23.0. The van der Waals surface area contributed by atoms with E-state index in [0.29, 0.717) is 12.6 Å². The fourth-order valence-electron chi connectivity index (χ4n) is 4.04. The molecule has 0 aromatic heterocycles. The second-order valence-corrected chi connectivity index (χ2v) is 8.31. The van der Waals surface area contributed by atoms with Crippen LogP contribution in [0.5, 0.6) is 0 Å². The van der Waals surface area contributed by atoms with E-state index in [1.165, 1.54) is 43.2 Å². The molecule has 30 heavy (non-hydrogen) atoms. The number of benzene rings is 1. The van der Waals surface area contributed by atoms with Gasteiger partial charge in [-0.05, 0) is 37.3 Å². The molecule has 1 aliphatic carbocycles. The normalized spacial score (nSPS) is 19.0. The summed E-state index contributed by atoms with van der Waals surface area (Å²) in [5.41, 5.74) is 2.59. The molecule has 1 aliphatic heterocycles. The Morgan fingerprint density at radius 3 is 2.53 bits per heavy atom. The van der Waals surface area contributed by atoms with Crippen LogP contribution in [0.3, 0.4) is 0 Å². The Morgan fingerprint density at radius 2 is 1.80 bits per heavy atom. The van der Waals surface area contributed by atoms with Crippen molar-refractivity contribution in [1.29, 1.82) is 0 Å². The lowest BCUT2D eigenvalue weighted by atomic mass is 9.98. The predicted octanol–water partition coefficient (Wildman–Crippen LogP) is 3.31. The number of rotatable bonds is 10. The van der Waals surface area contributed by atoms with Crippen molar-refractivity contribution in [1.82, 2.24) is 15.5 Å². The molecule has 6 heteroatoms. The van der Waals surface area contributed by atoms with E-state index in [1.54, 1.807) is 0 Å². The Bertz CT molecular complexity index is 608. The van der Waals surface area contributed by atoms with Crippen molar-refractivity contribution in [2.45, 2.75) is 64.6 Å². The molecule has 2 fully saturated rings. The Morgan fingerprint density at radius 1 is 1.07 bits per heavy atom. The molecule has 2 aliphatic rings. The Balaban J connectivity index is 1.36. The zero-order valence-corrected chi connectivity index (χ0v) is 18.7. The van der Waals surface area contributed by atoms with Crippen LogP contribution in [-0.2, 0) is 22.6 Å². The first-order valence-electron chi connectivity index (χ1n) is 11.8. The number of hydrogen-bond acceptors (Lipinski definition) is 4. The fraction of sp³-hybridized carbons (Fsp3) is 0.708. The van der Waals surface area contributed by atoms with Gasteiger partial charge < -0.3 is 20.1 Å². The minimum atomic E-state index is 0.492. The Hall–Kier alpha value is -1.63. The Labute approximate surface area is 182 Å². The highest BCUT2D eigenvalue weighted by molar-refractivity contribution is 5.79. The summed E-state index contributed by atoms with van der Waals surface area (Å²) in [4.78, 5) is 7.19. The van der Waals surface area contributed by atoms with Gasteiger partial charge in [0.25, 0.3) is 0 Å². The molecular weight excluding hydrogens is 376 g/mol. The van der Waals surface area contributed by atoms with Gasteiger partial charge in [-0.15, -0.1) is 0 Å². The molecular formula is C24H40N4O2. The maximum absolute atomic E-state index is 6.01. The molecule has 6 nitrogen and oxygen atoms in total. The van der Waals surface area contributed by atoms with Crippen LogP contribution in [0.15, 0.2) is 29.3 Å². The van der Waals surface area contributed by atoms with E-state index in [4.69, 9.17) is 14.5 Å². The predicted molar refractivity (Wildman–Crippen MR) is 123 cm³/mol. The van der Waals surface area contributed by atoms with Gasteiger partial charge in [-0.2, -0.15) is 0 Å². The largest absolute Gasteiger partial charge is 0.379 e. The number of guanidine groups is 1. The molecule has 1 aromatic carbocycles. The molecule has 0 bridgehead atoms. The van der Waals surface area contributed by atoms with Crippen molar-refractivity contribution in [3.05, 3.63) is 35.4 Å². The van der Waals surface area contributed by atoms with Crippen LogP contribution in [-0.4, -0.2) is 63.0 Å². The standard InChI is InChI=1S/C24H40N4O2/c1-2-25-24(26-13-6-16-30-23-7-4-3-5-8-23)27-19-21-9-11-22(12-10-21)20-28-14-17-29-18-15-28/h9-12,23H,2-8,13-20H2,1H3,(H2,25,26,27). The summed E-state index contributed by atoms with van der Waals surface area (Å²) in [7, 11) is 0. The summed E-state index contributed by atoms with van der Waals surface area (Å²) in [6.07, 6.45) is 8.01.